The van der Waals surface area contributed by atoms with Crippen LogP contribution in [-0.4, -0.2) is 40.0 Å². The van der Waals surface area contributed by atoms with Crippen molar-refractivity contribution < 1.29 is 9.84 Å². The van der Waals surface area contributed by atoms with Crippen LogP contribution in [0.25, 0.3) is 0 Å². The van der Waals surface area contributed by atoms with Crippen LogP contribution in [0.15, 0.2) is 46.1 Å². The van der Waals surface area contributed by atoms with Gasteiger partial charge in [-0.15, -0.1) is 0 Å². The maximum absolute atomic E-state index is 12.2. The molecule has 3 rings (SSSR count). The largest absolute Gasteiger partial charge is 0.394 e. The van der Waals surface area contributed by atoms with Crippen molar-refractivity contribution >= 4 is 0 Å². The SMILES string of the molecule is Cc1cn([C@@H]2O[C@H](CO)C[C@H]2NCCCc2ccccc2)c(=O)[nH]c1=O. The molecule has 0 aliphatic carbocycles. The van der Waals surface area contributed by atoms with Crippen LogP contribution < -0.4 is 16.6 Å². The number of nitrogens with zero attached hydrogens (tertiary/aromatic N) is 1. The lowest BCUT2D eigenvalue weighted by molar-refractivity contribution is -0.0306. The van der Waals surface area contributed by atoms with Crippen molar-refractivity contribution in [3.8, 4) is 0 Å². The van der Waals surface area contributed by atoms with E-state index in [2.05, 4.69) is 22.4 Å². The molecule has 1 aromatic carbocycles. The third-order valence-corrected chi connectivity index (χ3v) is 4.71. The number of nitrogens with one attached hydrogen (secondary N) is 2. The number of aryl methyl sites for hydroxylation is 2. The first-order chi connectivity index (χ1) is 12.6. The minimum absolute atomic E-state index is 0.101. The van der Waals surface area contributed by atoms with Crippen LogP contribution in [0.2, 0.25) is 0 Å². The first-order valence-corrected chi connectivity index (χ1v) is 8.94. The molecule has 3 atom stereocenters. The van der Waals surface area contributed by atoms with Gasteiger partial charge in [-0.1, -0.05) is 30.3 Å². The van der Waals surface area contributed by atoms with E-state index < -0.39 is 17.5 Å². The molecule has 3 N–H and O–H groups in total. The molecule has 2 heterocycles. The third kappa shape index (κ3) is 4.30. The third-order valence-electron chi connectivity index (χ3n) is 4.71. The second kappa shape index (κ2) is 8.44. The number of aliphatic hydroxyl groups excluding tert-OH is 1. The molecule has 1 aliphatic heterocycles. The summed E-state index contributed by atoms with van der Waals surface area (Å²) >= 11 is 0. The summed E-state index contributed by atoms with van der Waals surface area (Å²) in [6, 6.07) is 10.2. The summed E-state index contributed by atoms with van der Waals surface area (Å²) in [6.45, 7) is 2.32. The minimum atomic E-state index is -0.549. The number of hydrogen-bond donors (Lipinski definition) is 3. The van der Waals surface area contributed by atoms with E-state index in [1.165, 1.54) is 16.3 Å². The Morgan fingerprint density at radius 1 is 1.31 bits per heavy atom. The van der Waals surface area contributed by atoms with Gasteiger partial charge in [-0.05, 0) is 38.3 Å². The highest BCUT2D eigenvalue weighted by atomic mass is 16.5. The average molecular weight is 359 g/mol. The lowest BCUT2D eigenvalue weighted by Gasteiger charge is -2.22. The van der Waals surface area contributed by atoms with Crippen LogP contribution >= 0.6 is 0 Å². The number of H-pyrrole nitrogens is 1. The molecule has 0 amide bonds. The molecular weight excluding hydrogens is 334 g/mol. The Morgan fingerprint density at radius 2 is 2.08 bits per heavy atom. The lowest BCUT2D eigenvalue weighted by Crippen LogP contribution is -2.41. The van der Waals surface area contributed by atoms with Gasteiger partial charge in [0.2, 0.25) is 0 Å². The molecule has 1 aliphatic rings. The molecule has 0 saturated carbocycles. The monoisotopic (exact) mass is 359 g/mol. The van der Waals surface area contributed by atoms with Crippen molar-refractivity contribution in [1.29, 1.82) is 0 Å². The van der Waals surface area contributed by atoms with Crippen LogP contribution in [0, 0.1) is 6.92 Å². The summed E-state index contributed by atoms with van der Waals surface area (Å²) in [7, 11) is 0. The molecule has 1 aromatic heterocycles. The number of hydrogen-bond acceptors (Lipinski definition) is 5. The maximum atomic E-state index is 12.2. The highest BCUT2D eigenvalue weighted by molar-refractivity contribution is 5.14. The number of rotatable bonds is 7. The molecule has 7 heteroatoms. The lowest BCUT2D eigenvalue weighted by atomic mass is 10.1. The van der Waals surface area contributed by atoms with Crippen molar-refractivity contribution in [1.82, 2.24) is 14.9 Å². The van der Waals surface area contributed by atoms with E-state index in [0.29, 0.717) is 12.0 Å². The fraction of sp³-hybridized carbons (Fsp3) is 0.474. The van der Waals surface area contributed by atoms with E-state index in [0.717, 1.165) is 19.4 Å². The Kier molecular flexibility index (Phi) is 6.03. The highest BCUT2D eigenvalue weighted by Gasteiger charge is 2.36. The van der Waals surface area contributed by atoms with E-state index in [1.807, 2.05) is 18.2 Å². The Morgan fingerprint density at radius 3 is 2.81 bits per heavy atom. The molecule has 0 bridgehead atoms. The number of aliphatic hydroxyl groups is 1. The molecule has 2 aromatic rings. The minimum Gasteiger partial charge on any atom is -0.394 e. The number of ether oxygens (including phenoxy) is 1. The second-order valence-corrected chi connectivity index (χ2v) is 6.70. The standard InChI is InChI=1S/C19H25N3O4/c1-13-11-22(19(25)21-17(13)24)18-16(10-15(12-23)26-18)20-9-5-8-14-6-3-2-4-7-14/h2-4,6-7,11,15-16,18,20,23H,5,8-10,12H2,1H3,(H,21,24,25)/t15-,16+,18+/m0/s1. The van der Waals surface area contributed by atoms with Crippen molar-refractivity contribution in [2.45, 2.75) is 44.6 Å². The van der Waals surface area contributed by atoms with E-state index >= 15 is 0 Å². The van der Waals surface area contributed by atoms with Crippen LogP contribution in [0.4, 0.5) is 0 Å². The first-order valence-electron chi connectivity index (χ1n) is 8.94. The number of aromatic nitrogens is 2. The fourth-order valence-electron chi connectivity index (χ4n) is 3.31. The predicted octanol–water partition coefficient (Wildman–Crippen LogP) is 0.716. The zero-order valence-corrected chi connectivity index (χ0v) is 14.9. The summed E-state index contributed by atoms with van der Waals surface area (Å²) in [5.74, 6) is 0. The highest BCUT2D eigenvalue weighted by Crippen LogP contribution is 2.27. The predicted molar refractivity (Wildman–Crippen MR) is 98.2 cm³/mol. The molecule has 0 unspecified atom stereocenters. The van der Waals surface area contributed by atoms with E-state index in [1.54, 1.807) is 6.92 Å². The summed E-state index contributed by atoms with van der Waals surface area (Å²) in [6.07, 6.45) is 3.17. The van der Waals surface area contributed by atoms with Gasteiger partial charge >= 0.3 is 5.69 Å². The Balaban J connectivity index is 1.65. The van der Waals surface area contributed by atoms with Crippen LogP contribution in [-0.2, 0) is 11.2 Å². The Labute approximate surface area is 151 Å². The molecule has 1 fully saturated rings. The molecule has 0 radical (unpaired) electrons. The normalized spacial score (nSPS) is 22.6. The molecule has 26 heavy (non-hydrogen) atoms. The Bertz CT molecular complexity index is 831. The Hall–Kier alpha value is -2.22. The van der Waals surface area contributed by atoms with Gasteiger partial charge in [0.25, 0.3) is 5.56 Å². The fourth-order valence-corrected chi connectivity index (χ4v) is 3.31. The van der Waals surface area contributed by atoms with Gasteiger partial charge in [-0.3, -0.25) is 14.3 Å². The van der Waals surface area contributed by atoms with Crippen molar-refractivity contribution in [3.63, 3.8) is 0 Å². The summed E-state index contributed by atoms with van der Waals surface area (Å²) in [4.78, 5) is 26.1. The van der Waals surface area contributed by atoms with Crippen molar-refractivity contribution in [3.05, 3.63) is 68.5 Å². The van der Waals surface area contributed by atoms with Gasteiger partial charge in [0.05, 0.1) is 18.8 Å². The smallest absolute Gasteiger partial charge is 0.330 e. The molecular formula is C19H25N3O4. The van der Waals surface area contributed by atoms with Gasteiger partial charge in [-0.2, -0.15) is 0 Å². The number of aromatic amines is 1. The molecule has 140 valence electrons. The van der Waals surface area contributed by atoms with E-state index in [9.17, 15) is 14.7 Å². The van der Waals surface area contributed by atoms with Gasteiger partial charge in [-0.25, -0.2) is 4.79 Å². The average Bonchev–Trinajstić information content (AvgIpc) is 3.06. The zero-order chi connectivity index (χ0) is 18.5. The van der Waals surface area contributed by atoms with E-state index in [4.69, 9.17) is 4.74 Å². The van der Waals surface area contributed by atoms with Gasteiger partial charge in [0.1, 0.15) is 0 Å². The molecule has 7 nitrogen and oxygen atoms in total. The first kappa shape index (κ1) is 18.6. The van der Waals surface area contributed by atoms with Gasteiger partial charge in [0.15, 0.2) is 6.23 Å². The summed E-state index contributed by atoms with van der Waals surface area (Å²) in [5, 5.41) is 12.9. The van der Waals surface area contributed by atoms with Crippen molar-refractivity contribution in [2.24, 2.45) is 0 Å². The maximum Gasteiger partial charge on any atom is 0.330 e. The summed E-state index contributed by atoms with van der Waals surface area (Å²) in [5.41, 5.74) is 0.841. The zero-order valence-electron chi connectivity index (χ0n) is 14.9. The van der Waals surface area contributed by atoms with Crippen LogP contribution in [0.5, 0.6) is 0 Å². The van der Waals surface area contributed by atoms with Crippen LogP contribution in [0.1, 0.15) is 30.2 Å². The molecule has 0 spiro atoms. The topological polar surface area (TPSA) is 96.3 Å². The number of benzene rings is 1. The summed E-state index contributed by atoms with van der Waals surface area (Å²) < 4.78 is 7.23. The quantitative estimate of drug-likeness (QED) is 0.633. The molecule has 1 saturated heterocycles. The van der Waals surface area contributed by atoms with Gasteiger partial charge in [0, 0.05) is 11.8 Å². The van der Waals surface area contributed by atoms with Crippen LogP contribution in [0.3, 0.4) is 0 Å². The second-order valence-electron chi connectivity index (χ2n) is 6.70. The van der Waals surface area contributed by atoms with E-state index in [-0.39, 0.29) is 18.8 Å². The van der Waals surface area contributed by atoms with Crippen molar-refractivity contribution in [2.75, 3.05) is 13.2 Å². The van der Waals surface area contributed by atoms with Gasteiger partial charge < -0.3 is 15.2 Å².